The molecule has 0 unspecified atom stereocenters. The molecule has 0 amide bonds. The molecule has 0 saturated heterocycles. The molecule has 0 aliphatic heterocycles. The molecule has 1 N–H and O–H groups in total. The summed E-state index contributed by atoms with van der Waals surface area (Å²) in [4.78, 5) is 6.42. The Bertz CT molecular complexity index is 6930. The van der Waals surface area contributed by atoms with Crippen LogP contribution in [0, 0.1) is 13.8 Å². The number of benzene rings is 12. The summed E-state index contributed by atoms with van der Waals surface area (Å²) in [5.41, 5.74) is 18.1. The molecule has 0 fully saturated rings. The predicted molar refractivity (Wildman–Crippen MR) is 552 cm³/mol. The maximum absolute atomic E-state index is 10.1. The molecule has 7 heteroatoms. The first-order chi connectivity index (χ1) is 65.1. The van der Waals surface area contributed by atoms with Crippen molar-refractivity contribution in [1.29, 1.82) is 0 Å². The fraction of sp³-hybridized carbons (Fsp3) is 0.356. The van der Waals surface area contributed by atoms with E-state index in [0.717, 1.165) is 96.1 Å². The van der Waals surface area contributed by atoms with Gasteiger partial charge in [-0.2, -0.15) is 0 Å². The minimum absolute atomic E-state index is 0.0115. The van der Waals surface area contributed by atoms with Crippen molar-refractivity contribution in [2.24, 2.45) is 0 Å². The van der Waals surface area contributed by atoms with Crippen molar-refractivity contribution in [2.75, 3.05) is 20.0 Å². The lowest BCUT2D eigenvalue weighted by Gasteiger charge is -2.41. The van der Waals surface area contributed by atoms with Gasteiger partial charge in [0.25, 0.3) is 0 Å². The van der Waals surface area contributed by atoms with Crippen molar-refractivity contribution < 1.29 is 21.9 Å². The maximum Gasteiger partial charge on any atom is 0.101 e. The minimum atomic E-state index is -0.812. The lowest BCUT2D eigenvalue weighted by molar-refractivity contribution is 0.332. The number of thiophene rings is 2. The summed E-state index contributed by atoms with van der Waals surface area (Å²) < 4.78 is 146. The molecule has 2 aliphatic rings. The number of halogens is 1. The van der Waals surface area contributed by atoms with E-state index in [0.29, 0.717) is 15.7 Å². The third-order valence-electron chi connectivity index (χ3n) is 25.1. The number of hydrogen-bond donors (Lipinski definition) is 1. The van der Waals surface area contributed by atoms with Gasteiger partial charge >= 0.3 is 0 Å². The monoisotopic (exact) mass is 1730 g/mol. The SMILES string of the molecule is Cc1cc(Cl)cc(N(c2ccc(C(C)(C)C)cc2)c2ccc(C(C)(C)C)cc2)c1.[2H]c1c([2H])c([2H])c(-c2c([2H])c(C(C)(C)C)c([2H])c([2H])c2N(c2cc(C)cc(N(c3ccc(C(C)(C)C)cc3)c3ccc(C(C)(C)C)cc3)c2)c2cc3cc4c(cc3s2)C(C)(C)CCC4(C)C)c([2H])c1[2H].[2H]c1c([2H])c([2H])c(-c2c([2H])c(C(C)(C)C)c([2H])c([2H])c2Nc2cc3cc4c(cc3s2)C(C)(C)CCC4(C)C)c([2H])c1[2H]. The van der Waals surface area contributed by atoms with Crippen molar-refractivity contribution in [3.63, 3.8) is 0 Å². The average Bonchev–Trinajstić information content (AvgIpc) is 1.32. The van der Waals surface area contributed by atoms with Crippen LogP contribution in [-0.4, -0.2) is 0 Å². The maximum atomic E-state index is 10.1. The van der Waals surface area contributed by atoms with Crippen molar-refractivity contribution in [2.45, 2.75) is 274 Å². The first-order valence-electron chi connectivity index (χ1n) is 52.1. The van der Waals surface area contributed by atoms with E-state index in [1.807, 2.05) is 77.6 Å². The zero-order chi connectivity index (χ0) is 104. The summed E-state index contributed by atoms with van der Waals surface area (Å²) in [6.45, 7) is 60.3. The number of aryl methyl sites for hydroxylation is 2. The zero-order valence-corrected chi connectivity index (χ0v) is 81.4. The Hall–Kier alpha value is -9.95. The van der Waals surface area contributed by atoms with Gasteiger partial charge in [-0.1, -0.05) is 313 Å². The Labute approximate surface area is 787 Å². The molecule has 14 aromatic rings. The summed E-state index contributed by atoms with van der Waals surface area (Å²) in [6, 6.07) is 54.8. The molecule has 0 atom stereocenters. The zero-order valence-electron chi connectivity index (χ0n) is 95.0. The highest BCUT2D eigenvalue weighted by Crippen LogP contribution is 2.55. The molecule has 4 nitrogen and oxygen atoms in total. The van der Waals surface area contributed by atoms with Crippen LogP contribution in [0.15, 0.2) is 267 Å². The van der Waals surface area contributed by atoms with Crippen LogP contribution >= 0.6 is 34.3 Å². The number of hydrogen-bond acceptors (Lipinski definition) is 6. The topological polar surface area (TPSA) is 21.8 Å². The van der Waals surface area contributed by atoms with Gasteiger partial charge in [0.1, 0.15) is 5.00 Å². The van der Waals surface area contributed by atoms with E-state index in [9.17, 15) is 8.22 Å². The lowest BCUT2D eigenvalue weighted by atomic mass is 9.63. The molecule has 125 heavy (non-hydrogen) atoms. The largest absolute Gasteiger partial charge is 0.347 e. The highest BCUT2D eigenvalue weighted by Gasteiger charge is 2.40. The van der Waals surface area contributed by atoms with Gasteiger partial charge < -0.3 is 20.0 Å². The Kier molecular flexibility index (Phi) is 19.8. The fourth-order valence-electron chi connectivity index (χ4n) is 17.0. The summed E-state index contributed by atoms with van der Waals surface area (Å²) in [5.74, 6) is 0. The first kappa shape index (κ1) is 72.1. The van der Waals surface area contributed by atoms with Crippen LogP contribution in [0.5, 0.6) is 0 Å². The van der Waals surface area contributed by atoms with Gasteiger partial charge in [-0.25, -0.2) is 0 Å². The van der Waals surface area contributed by atoms with Crippen LogP contribution in [-0.2, 0) is 54.1 Å². The van der Waals surface area contributed by atoms with Gasteiger partial charge in [0.2, 0.25) is 0 Å². The number of nitrogens with zero attached hydrogens (tertiary/aromatic N) is 3. The van der Waals surface area contributed by atoms with Crippen LogP contribution < -0.4 is 20.0 Å². The van der Waals surface area contributed by atoms with Gasteiger partial charge in [0.15, 0.2) is 0 Å². The molecule has 0 bridgehead atoms. The number of anilines is 11. The van der Waals surface area contributed by atoms with Crippen molar-refractivity contribution in [3.05, 3.63) is 338 Å². The van der Waals surface area contributed by atoms with Gasteiger partial charge in [-0.15, -0.1) is 22.7 Å². The number of fused-ring (bicyclic) bond motifs is 4. The van der Waals surface area contributed by atoms with Gasteiger partial charge in [0, 0.05) is 71.0 Å². The second kappa shape index (κ2) is 34.3. The van der Waals surface area contributed by atoms with E-state index in [-0.39, 0.29) is 124 Å². The van der Waals surface area contributed by atoms with E-state index in [1.165, 1.54) is 55.8 Å². The molecule has 648 valence electrons. The molecule has 2 aromatic heterocycles. The summed E-state index contributed by atoms with van der Waals surface area (Å²) in [5, 5.41) is 7.49. The lowest BCUT2D eigenvalue weighted by Crippen LogP contribution is -2.33. The molecule has 2 heterocycles. The van der Waals surface area contributed by atoms with Crippen LogP contribution in [0.4, 0.5) is 61.2 Å². The standard InChI is InChI=1S/C59H68N2S.C32H37NS.C27H32ClN/c1-39-32-47(60(45-25-20-42(21-26-45)55(2,3)4)46-27-22-43(23-28-46)56(5,6)7)37-48(33-39)61(52-29-24-44(57(8,9)10)36-49(52)40-18-16-15-17-19-40)54-35-41-34-50-51(38-53(41)62-54)59(13,14)31-30-58(50,11)12;1-30(2,3)23-13-14-27(24(19-23)21-11-9-8-10-12-21)33-29-18-22-17-25-26(20-28(22)34-29)32(6,7)16-15-31(25,4)5;1-19-16-22(28)18-25(17-19)29(23-12-8-20(9-13-23)26(2,3)4)24-14-10-21(11-15-24)27(5,6)7/h15-29,32-38H,30-31H2,1-14H3;8-14,17-20,33H,15-16H2,1-7H3;8-18H,1-7H3/i15D,16D,17D,18D,19D,24D,29D,36D;8D,9D,10D,11D,12D,13D,14D,19D;. The second-order valence-corrected chi connectivity index (χ2v) is 46.0. The quantitative estimate of drug-likeness (QED) is 0.124. The third kappa shape index (κ3) is 20.2. The molecular formula is C118H137ClN4S2. The molecule has 0 spiro atoms. The highest BCUT2D eigenvalue weighted by molar-refractivity contribution is 7.23. The van der Waals surface area contributed by atoms with E-state index in [1.54, 1.807) is 11.3 Å². The molecular weight excluding hydrogens is 1570 g/mol. The average molecular weight is 1730 g/mol. The van der Waals surface area contributed by atoms with E-state index >= 15 is 0 Å². The molecule has 2 aliphatic carbocycles. The van der Waals surface area contributed by atoms with Gasteiger partial charge in [0.05, 0.1) is 32.6 Å². The third-order valence-corrected chi connectivity index (χ3v) is 27.4. The number of rotatable bonds is 13. The van der Waals surface area contributed by atoms with E-state index in [2.05, 4.69) is 306 Å². The van der Waals surface area contributed by atoms with Crippen LogP contribution in [0.3, 0.4) is 0 Å². The number of nitrogens with one attached hydrogen (secondary N) is 1. The fourth-order valence-corrected chi connectivity index (χ4v) is 19.4. The van der Waals surface area contributed by atoms with Gasteiger partial charge in [-0.05, 0) is 328 Å². The molecule has 12 aromatic carbocycles. The second-order valence-electron chi connectivity index (χ2n) is 43.4. The molecule has 16 rings (SSSR count). The summed E-state index contributed by atoms with van der Waals surface area (Å²) in [6.07, 6.45) is 4.28. The summed E-state index contributed by atoms with van der Waals surface area (Å²) in [7, 11) is 0. The van der Waals surface area contributed by atoms with Crippen molar-refractivity contribution in [1.82, 2.24) is 0 Å². The Morgan fingerprint density at radius 1 is 0.320 bits per heavy atom. The normalized spacial score (nSPS) is 16.7. The van der Waals surface area contributed by atoms with Crippen molar-refractivity contribution in [3.8, 4) is 22.3 Å². The molecule has 0 saturated carbocycles. The Balaban J connectivity index is 0.000000187. The van der Waals surface area contributed by atoms with Gasteiger partial charge in [-0.3, -0.25) is 0 Å². The van der Waals surface area contributed by atoms with E-state index in [4.69, 9.17) is 25.3 Å². The predicted octanol–water partition coefficient (Wildman–Crippen LogP) is 36.7. The van der Waals surface area contributed by atoms with Crippen LogP contribution in [0.1, 0.15) is 294 Å². The molecule has 0 radical (unpaired) electrons. The Morgan fingerprint density at radius 3 is 1.03 bits per heavy atom. The smallest absolute Gasteiger partial charge is 0.101 e. The highest BCUT2D eigenvalue weighted by atomic mass is 35.5. The van der Waals surface area contributed by atoms with Crippen LogP contribution in [0.25, 0.3) is 42.4 Å². The first-order valence-corrected chi connectivity index (χ1v) is 46.2. The summed E-state index contributed by atoms with van der Waals surface area (Å²) >= 11 is 9.46. The van der Waals surface area contributed by atoms with Crippen molar-refractivity contribution >= 4 is 116 Å². The Morgan fingerprint density at radius 2 is 0.648 bits per heavy atom. The van der Waals surface area contributed by atoms with E-state index < -0.39 is 71.3 Å². The van der Waals surface area contributed by atoms with Crippen LogP contribution in [0.2, 0.25) is 5.02 Å². The minimum Gasteiger partial charge on any atom is -0.347 e.